The van der Waals surface area contributed by atoms with E-state index in [1.165, 1.54) is 27.8 Å². The Bertz CT molecular complexity index is 1740. The van der Waals surface area contributed by atoms with Gasteiger partial charge in [0.15, 0.2) is 11.4 Å². The summed E-state index contributed by atoms with van der Waals surface area (Å²) in [5, 5.41) is 23.9. The number of aromatic hydroxyl groups is 1. The van der Waals surface area contributed by atoms with Crippen molar-refractivity contribution in [3.05, 3.63) is 93.2 Å². The number of benzene rings is 2. The van der Waals surface area contributed by atoms with E-state index in [4.69, 9.17) is 8.92 Å². The van der Waals surface area contributed by atoms with Gasteiger partial charge >= 0.3 is 0 Å². The lowest BCUT2D eigenvalue weighted by Gasteiger charge is -2.36. The smallest absolute Gasteiger partial charge is 0.278 e. The molecule has 2 heterocycles. The largest absolute Gasteiger partial charge is 0.503 e. The van der Waals surface area contributed by atoms with Crippen LogP contribution in [0.1, 0.15) is 45.9 Å². The predicted molar refractivity (Wildman–Crippen MR) is 167 cm³/mol. The van der Waals surface area contributed by atoms with Crippen molar-refractivity contribution in [1.29, 1.82) is 5.26 Å². The van der Waals surface area contributed by atoms with Gasteiger partial charge in [-0.3, -0.25) is 13.8 Å². The van der Waals surface area contributed by atoms with Crippen LogP contribution in [0.5, 0.6) is 5.75 Å². The number of nitrogens with zero attached hydrogens (tertiary/aromatic N) is 4. The molecule has 1 aliphatic heterocycles. The van der Waals surface area contributed by atoms with Gasteiger partial charge in [0.1, 0.15) is 18.7 Å². The van der Waals surface area contributed by atoms with Gasteiger partial charge in [0.25, 0.3) is 21.5 Å². The fourth-order valence-electron chi connectivity index (χ4n) is 5.37. The third-order valence-electron chi connectivity index (χ3n) is 7.53. The van der Waals surface area contributed by atoms with Gasteiger partial charge in [-0.25, -0.2) is 9.07 Å². The second-order valence-corrected chi connectivity index (χ2v) is 19.5. The van der Waals surface area contributed by atoms with Crippen molar-refractivity contribution in [2.24, 2.45) is 0 Å². The minimum absolute atomic E-state index is 0.0951. The normalized spacial score (nSPS) is 16.7. The van der Waals surface area contributed by atoms with E-state index in [0.717, 1.165) is 18.5 Å². The van der Waals surface area contributed by atoms with Gasteiger partial charge < -0.3 is 14.7 Å². The number of ether oxygens (including phenoxy) is 1. The van der Waals surface area contributed by atoms with Crippen molar-refractivity contribution in [1.82, 2.24) is 14.7 Å². The Morgan fingerprint density at radius 1 is 1.20 bits per heavy atom. The standard InChI is InChI=1S/C31H37FN4O7SSi/c1-44(40,41)43-30(27(23-7-5-8-24(32)17-23)22-12-10-21(18-33)11-13-22)25-9-6-14-36(25)31(39)28-29(38)26(37)19-35(34-28)20-42-15-16-45(2,3)4/h5,7-8,10-13,17,19,25,27,30,37H,6,9,14-16,20H2,1-4H3/t25-,27?,30?/m1/s1. The molecule has 11 nitrogen and oxygen atoms in total. The molecule has 45 heavy (non-hydrogen) atoms. The van der Waals surface area contributed by atoms with E-state index in [2.05, 4.69) is 24.7 Å². The molecule has 2 unspecified atom stereocenters. The van der Waals surface area contributed by atoms with Crippen molar-refractivity contribution in [3.8, 4) is 11.8 Å². The second-order valence-electron chi connectivity index (χ2n) is 12.3. The molecule has 4 rings (SSSR count). The third kappa shape index (κ3) is 8.85. The van der Waals surface area contributed by atoms with Gasteiger partial charge in [-0.1, -0.05) is 43.9 Å². The number of halogens is 1. The van der Waals surface area contributed by atoms with Crippen molar-refractivity contribution < 1.29 is 31.6 Å². The zero-order valence-electron chi connectivity index (χ0n) is 25.6. The molecule has 1 fully saturated rings. The number of likely N-dealkylation sites (tertiary alicyclic amines) is 1. The van der Waals surface area contributed by atoms with E-state index in [1.807, 2.05) is 6.07 Å². The maximum atomic E-state index is 14.5. The van der Waals surface area contributed by atoms with E-state index >= 15 is 0 Å². The molecule has 1 amide bonds. The highest BCUT2D eigenvalue weighted by atomic mass is 32.2. The van der Waals surface area contributed by atoms with Gasteiger partial charge in [0.05, 0.1) is 30.1 Å². The van der Waals surface area contributed by atoms with Crippen LogP contribution in [-0.4, -0.2) is 73.7 Å². The Kier molecular flexibility index (Phi) is 10.6. The van der Waals surface area contributed by atoms with Crippen molar-refractivity contribution in [2.75, 3.05) is 19.4 Å². The van der Waals surface area contributed by atoms with E-state index in [0.29, 0.717) is 36.1 Å². The lowest BCUT2D eigenvalue weighted by atomic mass is 9.82. The number of hydrogen-bond donors (Lipinski definition) is 1. The average molecular weight is 657 g/mol. The summed E-state index contributed by atoms with van der Waals surface area (Å²) >= 11 is 0. The minimum Gasteiger partial charge on any atom is -0.503 e. The molecule has 0 spiro atoms. The number of carbonyl (C=O) groups is 1. The summed E-state index contributed by atoms with van der Waals surface area (Å²) < 4.78 is 52.4. The highest BCUT2D eigenvalue weighted by Crippen LogP contribution is 2.38. The molecule has 0 radical (unpaired) electrons. The lowest BCUT2D eigenvalue weighted by molar-refractivity contribution is 0.0514. The molecule has 1 aromatic heterocycles. The van der Waals surface area contributed by atoms with Crippen LogP contribution >= 0.6 is 0 Å². The van der Waals surface area contributed by atoms with Crippen LogP contribution in [0.25, 0.3) is 0 Å². The van der Waals surface area contributed by atoms with E-state index in [9.17, 15) is 32.8 Å². The van der Waals surface area contributed by atoms with Gasteiger partial charge in [-0.15, -0.1) is 0 Å². The number of hydrogen-bond acceptors (Lipinski definition) is 9. The summed E-state index contributed by atoms with van der Waals surface area (Å²) in [5.41, 5.74) is -0.236. The molecule has 240 valence electrons. The van der Waals surface area contributed by atoms with Gasteiger partial charge in [-0.05, 0) is 54.3 Å². The minimum atomic E-state index is -4.12. The number of rotatable bonds is 12. The quantitative estimate of drug-likeness (QED) is 0.173. The fourth-order valence-corrected chi connectivity index (χ4v) is 6.77. The molecule has 0 saturated carbocycles. The summed E-state index contributed by atoms with van der Waals surface area (Å²) in [6.07, 6.45) is 1.50. The topological polar surface area (TPSA) is 152 Å². The molecular formula is C31H37FN4O7SSi. The first-order chi connectivity index (χ1) is 21.2. The molecular weight excluding hydrogens is 620 g/mol. The summed E-state index contributed by atoms with van der Waals surface area (Å²) in [6.45, 7) is 7.10. The zero-order chi connectivity index (χ0) is 32.9. The van der Waals surface area contributed by atoms with E-state index < -0.39 is 64.9 Å². The van der Waals surface area contributed by atoms with Crippen LogP contribution in [-0.2, 0) is 25.8 Å². The summed E-state index contributed by atoms with van der Waals surface area (Å²) in [6, 6.07) is 14.0. The Labute approximate surface area is 263 Å². The van der Waals surface area contributed by atoms with E-state index in [1.54, 1.807) is 30.3 Å². The van der Waals surface area contributed by atoms with Gasteiger partial charge in [0.2, 0.25) is 0 Å². The Hall–Kier alpha value is -3.90. The number of aromatic nitrogens is 2. The van der Waals surface area contributed by atoms with Gasteiger partial charge in [0, 0.05) is 27.1 Å². The molecule has 1 aliphatic rings. The first kappa shape index (κ1) is 34.0. The SMILES string of the molecule is C[Si](C)(C)CCOCn1cc(O)c(=O)c(C(=O)N2CCC[C@@H]2C(OS(C)(=O)=O)C(c2ccc(C#N)cc2)c2cccc(F)c2)n1. The molecule has 1 N–H and O–H groups in total. The zero-order valence-corrected chi connectivity index (χ0v) is 27.5. The van der Waals surface area contributed by atoms with Gasteiger partial charge in [-0.2, -0.15) is 18.8 Å². The molecule has 0 bridgehead atoms. The maximum absolute atomic E-state index is 14.5. The Balaban J connectivity index is 1.74. The van der Waals surface area contributed by atoms with E-state index in [-0.39, 0.29) is 13.3 Å². The van der Waals surface area contributed by atoms with Crippen LogP contribution in [0.2, 0.25) is 25.7 Å². The Morgan fingerprint density at radius 2 is 1.91 bits per heavy atom. The monoisotopic (exact) mass is 656 g/mol. The number of nitriles is 1. The fraction of sp³-hybridized carbons (Fsp3) is 0.419. The number of carbonyl (C=O) groups excluding carboxylic acids is 1. The van der Waals surface area contributed by atoms with Crippen molar-refractivity contribution in [3.63, 3.8) is 0 Å². The number of amides is 1. The summed E-state index contributed by atoms with van der Waals surface area (Å²) in [7, 11) is -5.49. The summed E-state index contributed by atoms with van der Waals surface area (Å²) in [4.78, 5) is 28.2. The Morgan fingerprint density at radius 3 is 2.53 bits per heavy atom. The van der Waals surface area contributed by atoms with Crippen LogP contribution in [0.4, 0.5) is 4.39 Å². The average Bonchev–Trinajstić information content (AvgIpc) is 3.45. The van der Waals surface area contributed by atoms with Crippen molar-refractivity contribution >= 4 is 24.1 Å². The molecule has 1 saturated heterocycles. The van der Waals surface area contributed by atoms with Crippen LogP contribution < -0.4 is 5.43 Å². The molecule has 0 aliphatic carbocycles. The first-order valence-electron chi connectivity index (χ1n) is 14.5. The molecule has 3 aromatic rings. The molecule has 2 aromatic carbocycles. The highest BCUT2D eigenvalue weighted by molar-refractivity contribution is 7.86. The molecule has 14 heteroatoms. The third-order valence-corrected chi connectivity index (χ3v) is 9.81. The maximum Gasteiger partial charge on any atom is 0.278 e. The molecule has 3 atom stereocenters. The predicted octanol–water partition coefficient (Wildman–Crippen LogP) is 4.05. The van der Waals surface area contributed by atoms with Crippen LogP contribution in [0.15, 0.2) is 59.5 Å². The van der Waals surface area contributed by atoms with Crippen molar-refractivity contribution in [2.45, 2.75) is 63.3 Å². The van der Waals surface area contributed by atoms with Crippen LogP contribution in [0, 0.1) is 17.1 Å². The summed E-state index contributed by atoms with van der Waals surface area (Å²) in [5.74, 6) is -2.94. The lowest BCUT2D eigenvalue weighted by Crippen LogP contribution is -2.48. The highest BCUT2D eigenvalue weighted by Gasteiger charge is 2.43. The second kappa shape index (κ2) is 14.0. The van der Waals surface area contributed by atoms with Crippen LogP contribution in [0.3, 0.4) is 0 Å². The first-order valence-corrected chi connectivity index (χ1v) is 20.0.